The lowest BCUT2D eigenvalue weighted by atomic mass is 10.2. The maximum atomic E-state index is 12.5. The first-order valence-corrected chi connectivity index (χ1v) is 6.82. The number of amidine groups is 1. The number of amides is 1. The Morgan fingerprint density at radius 2 is 2.24 bits per heavy atom. The van der Waals surface area contributed by atoms with Gasteiger partial charge in [0.15, 0.2) is 5.17 Å². The Bertz CT molecular complexity index is 331. The molecule has 1 unspecified atom stereocenters. The van der Waals surface area contributed by atoms with E-state index in [1.54, 1.807) is 0 Å². The average molecular weight is 257 g/mol. The first-order valence-electron chi connectivity index (χ1n) is 6.00. The molecule has 1 saturated heterocycles. The van der Waals surface area contributed by atoms with Crippen LogP contribution in [0.4, 0.5) is 0 Å². The van der Waals surface area contributed by atoms with Crippen LogP contribution in [0.1, 0.15) is 19.8 Å². The molecule has 96 valence electrons. The second kappa shape index (κ2) is 4.86. The summed E-state index contributed by atoms with van der Waals surface area (Å²) >= 11 is 1.23. The Morgan fingerprint density at radius 1 is 1.59 bits per heavy atom. The van der Waals surface area contributed by atoms with Crippen molar-refractivity contribution < 1.29 is 9.53 Å². The van der Waals surface area contributed by atoms with Crippen molar-refractivity contribution in [2.24, 2.45) is 11.7 Å². The number of morpholine rings is 1. The van der Waals surface area contributed by atoms with Crippen LogP contribution in [-0.2, 0) is 9.53 Å². The number of carbonyl (C=O) groups is 1. The van der Waals surface area contributed by atoms with E-state index in [2.05, 4.69) is 6.92 Å². The maximum absolute atomic E-state index is 12.5. The molecule has 0 spiro atoms. The van der Waals surface area contributed by atoms with Gasteiger partial charge in [0, 0.05) is 13.1 Å². The lowest BCUT2D eigenvalue weighted by molar-refractivity contribution is -0.135. The van der Waals surface area contributed by atoms with Crippen LogP contribution in [-0.4, -0.2) is 47.0 Å². The molecule has 2 fully saturated rings. The van der Waals surface area contributed by atoms with Crippen molar-refractivity contribution in [3.63, 3.8) is 0 Å². The molecule has 1 heterocycles. The highest BCUT2D eigenvalue weighted by atomic mass is 32.2. The van der Waals surface area contributed by atoms with E-state index >= 15 is 0 Å². The fourth-order valence-corrected chi connectivity index (χ4v) is 3.67. The van der Waals surface area contributed by atoms with Crippen molar-refractivity contribution in [2.75, 3.05) is 26.3 Å². The number of hydrogen-bond acceptors (Lipinski definition) is 4. The van der Waals surface area contributed by atoms with E-state index in [0.29, 0.717) is 32.2 Å². The normalized spacial score (nSPS) is 32.3. The summed E-state index contributed by atoms with van der Waals surface area (Å²) in [6, 6.07) is 0. The number of ether oxygens (including phenoxy) is 1. The first kappa shape index (κ1) is 12.7. The quantitative estimate of drug-likeness (QED) is 0.574. The minimum absolute atomic E-state index is 0.0440. The lowest BCUT2D eigenvalue weighted by Crippen LogP contribution is -2.47. The molecule has 2 aliphatic rings. The Labute approximate surface area is 106 Å². The summed E-state index contributed by atoms with van der Waals surface area (Å²) in [5, 5.41) is 7.45. The van der Waals surface area contributed by atoms with E-state index in [-0.39, 0.29) is 11.1 Å². The molecule has 1 saturated carbocycles. The molecule has 0 radical (unpaired) electrons. The number of nitrogens with zero attached hydrogens (tertiary/aromatic N) is 1. The third kappa shape index (κ3) is 2.42. The lowest BCUT2D eigenvalue weighted by Gasteiger charge is -2.30. The Kier molecular flexibility index (Phi) is 3.63. The summed E-state index contributed by atoms with van der Waals surface area (Å²) in [4.78, 5) is 14.3. The van der Waals surface area contributed by atoms with E-state index < -0.39 is 4.75 Å². The van der Waals surface area contributed by atoms with Gasteiger partial charge in [-0.25, -0.2) is 0 Å². The largest absolute Gasteiger partial charge is 0.379 e. The number of nitrogens with two attached hydrogens (primary N) is 1. The predicted molar refractivity (Wildman–Crippen MR) is 68.0 cm³/mol. The van der Waals surface area contributed by atoms with E-state index in [9.17, 15) is 4.79 Å². The zero-order valence-electron chi connectivity index (χ0n) is 10.1. The van der Waals surface area contributed by atoms with Gasteiger partial charge in [-0.1, -0.05) is 25.1 Å². The molecule has 2 rings (SSSR count). The van der Waals surface area contributed by atoms with Crippen LogP contribution in [0.5, 0.6) is 0 Å². The second-order valence-corrected chi connectivity index (χ2v) is 5.94. The van der Waals surface area contributed by atoms with Gasteiger partial charge in [-0.2, -0.15) is 0 Å². The van der Waals surface area contributed by atoms with Gasteiger partial charge in [0.1, 0.15) is 4.75 Å². The van der Waals surface area contributed by atoms with E-state index in [4.69, 9.17) is 15.9 Å². The third-order valence-corrected chi connectivity index (χ3v) is 4.75. The number of carbonyl (C=O) groups excluding carboxylic acids is 1. The number of nitrogens with one attached hydrogen (secondary N) is 1. The summed E-state index contributed by atoms with van der Waals surface area (Å²) in [6.45, 7) is 4.64. The molecule has 6 heteroatoms. The van der Waals surface area contributed by atoms with Gasteiger partial charge in [0.2, 0.25) is 5.91 Å². The molecule has 0 aromatic carbocycles. The molecule has 1 aliphatic carbocycles. The zero-order valence-corrected chi connectivity index (χ0v) is 10.9. The standard InChI is InChI=1S/C11H19N3O2S/c1-2-8-7-11(8,17-10(12)13)9(15)14-3-5-16-6-4-14/h8H,2-7H2,1H3,(H3,12,13)/t8?,11-/m0/s1. The van der Waals surface area contributed by atoms with Gasteiger partial charge >= 0.3 is 0 Å². The van der Waals surface area contributed by atoms with E-state index in [1.807, 2.05) is 4.90 Å². The SMILES string of the molecule is CCC1C[C@@]1(SC(=N)N)C(=O)N1CCOCC1. The van der Waals surface area contributed by atoms with Gasteiger partial charge in [-0.3, -0.25) is 10.2 Å². The Hall–Kier alpha value is -0.750. The summed E-state index contributed by atoms with van der Waals surface area (Å²) in [7, 11) is 0. The van der Waals surface area contributed by atoms with Crippen LogP contribution in [0.25, 0.3) is 0 Å². The van der Waals surface area contributed by atoms with Crippen LogP contribution in [0.2, 0.25) is 0 Å². The average Bonchev–Trinajstić information content (AvgIpc) is 3.03. The second-order valence-electron chi connectivity index (χ2n) is 4.57. The summed E-state index contributed by atoms with van der Waals surface area (Å²) in [6.07, 6.45) is 1.82. The number of hydrogen-bond donors (Lipinski definition) is 2. The molecule has 1 amide bonds. The molecule has 17 heavy (non-hydrogen) atoms. The van der Waals surface area contributed by atoms with Crippen molar-refractivity contribution in [2.45, 2.75) is 24.5 Å². The molecule has 0 aromatic heterocycles. The predicted octanol–water partition coefficient (Wildman–Crippen LogP) is 0.641. The van der Waals surface area contributed by atoms with Gasteiger partial charge in [0.05, 0.1) is 13.2 Å². The van der Waals surface area contributed by atoms with Crippen LogP contribution < -0.4 is 5.73 Å². The Morgan fingerprint density at radius 3 is 2.71 bits per heavy atom. The molecule has 0 aromatic rings. The fraction of sp³-hybridized carbons (Fsp3) is 0.818. The molecule has 3 N–H and O–H groups in total. The van der Waals surface area contributed by atoms with Gasteiger partial charge in [-0.15, -0.1) is 0 Å². The molecular weight excluding hydrogens is 238 g/mol. The zero-order chi connectivity index (χ0) is 12.5. The van der Waals surface area contributed by atoms with Gasteiger partial charge in [0.25, 0.3) is 0 Å². The topological polar surface area (TPSA) is 79.4 Å². The smallest absolute Gasteiger partial charge is 0.239 e. The maximum Gasteiger partial charge on any atom is 0.239 e. The van der Waals surface area contributed by atoms with Crippen molar-refractivity contribution in [3.8, 4) is 0 Å². The molecular formula is C11H19N3O2S. The van der Waals surface area contributed by atoms with Crippen LogP contribution in [0.3, 0.4) is 0 Å². The van der Waals surface area contributed by atoms with Crippen molar-refractivity contribution >= 4 is 22.8 Å². The van der Waals surface area contributed by atoms with Crippen LogP contribution in [0, 0.1) is 11.3 Å². The minimum atomic E-state index is -0.447. The van der Waals surface area contributed by atoms with Crippen LogP contribution >= 0.6 is 11.8 Å². The van der Waals surface area contributed by atoms with Crippen molar-refractivity contribution in [1.29, 1.82) is 5.41 Å². The highest BCUT2D eigenvalue weighted by Crippen LogP contribution is 2.57. The van der Waals surface area contributed by atoms with Crippen molar-refractivity contribution in [1.82, 2.24) is 4.90 Å². The summed E-state index contributed by atoms with van der Waals surface area (Å²) in [5.74, 6) is 0.514. The van der Waals surface area contributed by atoms with E-state index in [1.165, 1.54) is 11.8 Å². The van der Waals surface area contributed by atoms with Crippen LogP contribution in [0.15, 0.2) is 0 Å². The highest BCUT2D eigenvalue weighted by Gasteiger charge is 2.61. The molecule has 1 aliphatic heterocycles. The Balaban J connectivity index is 2.06. The minimum Gasteiger partial charge on any atom is -0.379 e. The highest BCUT2D eigenvalue weighted by molar-refractivity contribution is 8.15. The van der Waals surface area contributed by atoms with Gasteiger partial charge < -0.3 is 15.4 Å². The molecule has 2 atom stereocenters. The van der Waals surface area contributed by atoms with E-state index in [0.717, 1.165) is 12.8 Å². The molecule has 5 nitrogen and oxygen atoms in total. The summed E-state index contributed by atoms with van der Waals surface area (Å²) in [5.41, 5.74) is 5.45. The van der Waals surface area contributed by atoms with Crippen molar-refractivity contribution in [3.05, 3.63) is 0 Å². The monoisotopic (exact) mass is 257 g/mol. The fourth-order valence-electron chi connectivity index (χ4n) is 2.44. The van der Waals surface area contributed by atoms with Gasteiger partial charge in [-0.05, 0) is 12.3 Å². The first-order chi connectivity index (χ1) is 8.10. The number of rotatable bonds is 3. The summed E-state index contributed by atoms with van der Waals surface area (Å²) < 4.78 is 4.80. The number of thioether (sulfide) groups is 1. The molecule has 0 bridgehead atoms. The third-order valence-electron chi connectivity index (χ3n) is 3.49.